The fraction of sp³-hybridized carbons (Fsp3) is 0.227. The number of hydrogen-bond acceptors (Lipinski definition) is 4. The molecule has 6 nitrogen and oxygen atoms in total. The van der Waals surface area contributed by atoms with Crippen molar-refractivity contribution in [3.05, 3.63) is 82.9 Å². The Morgan fingerprint density at radius 3 is 2.70 bits per heavy atom. The predicted octanol–water partition coefficient (Wildman–Crippen LogP) is 4.17. The maximum Gasteiger partial charge on any atom is 0.325 e. The number of hydrogen-bond donors (Lipinski definition) is 1. The normalized spacial score (nSPS) is 18.3. The van der Waals surface area contributed by atoms with Gasteiger partial charge in [-0.2, -0.15) is 0 Å². The summed E-state index contributed by atoms with van der Waals surface area (Å²) in [4.78, 5) is 18.7. The van der Waals surface area contributed by atoms with Crippen LogP contribution in [0.4, 0.5) is 0 Å². The van der Waals surface area contributed by atoms with Crippen molar-refractivity contribution in [2.45, 2.75) is 19.0 Å². The lowest BCUT2D eigenvalue weighted by Gasteiger charge is -2.28. The van der Waals surface area contributed by atoms with Gasteiger partial charge in [-0.25, -0.2) is 0 Å². The molecule has 3 heterocycles. The Hall–Kier alpha value is -2.71. The van der Waals surface area contributed by atoms with Crippen LogP contribution in [-0.4, -0.2) is 38.7 Å². The minimum atomic E-state index is -0.310. The molecule has 1 N–H and O–H groups in total. The molecular weight excluding hydrogens is 464 g/mol. The molecule has 154 valence electrons. The zero-order valence-electron chi connectivity index (χ0n) is 16.4. The second kappa shape index (κ2) is 8.97. The number of thiocarbonyl (C=S) groups is 1. The van der Waals surface area contributed by atoms with Crippen molar-refractivity contribution in [2.24, 2.45) is 0 Å². The zero-order valence-corrected chi connectivity index (χ0v) is 18.8. The molecule has 1 saturated heterocycles. The van der Waals surface area contributed by atoms with Crippen molar-refractivity contribution >= 4 is 39.2 Å². The van der Waals surface area contributed by atoms with Crippen LogP contribution in [0.5, 0.6) is 0 Å². The summed E-state index contributed by atoms with van der Waals surface area (Å²) >= 11 is 9.10. The first kappa shape index (κ1) is 20.6. The second-order valence-corrected chi connectivity index (χ2v) is 8.14. The van der Waals surface area contributed by atoms with E-state index in [2.05, 4.69) is 36.9 Å². The van der Waals surface area contributed by atoms with Crippen LogP contribution >= 0.6 is 28.1 Å². The summed E-state index contributed by atoms with van der Waals surface area (Å²) in [6.07, 6.45) is 3.77. The Balaban J connectivity index is 1.77. The molecule has 30 heavy (non-hydrogen) atoms. The largest absolute Gasteiger partial charge is 0.465 e. The number of benzene rings is 1. The third-order valence-corrected chi connectivity index (χ3v) is 5.87. The summed E-state index contributed by atoms with van der Waals surface area (Å²) in [6, 6.07) is 17.5. The van der Waals surface area contributed by atoms with Gasteiger partial charge in [0, 0.05) is 28.2 Å². The zero-order chi connectivity index (χ0) is 21.1. The third-order valence-electron chi connectivity index (χ3n) is 4.99. The predicted molar refractivity (Wildman–Crippen MR) is 122 cm³/mol. The van der Waals surface area contributed by atoms with Gasteiger partial charge >= 0.3 is 5.97 Å². The van der Waals surface area contributed by atoms with Crippen LogP contribution < -0.4 is 5.32 Å². The van der Waals surface area contributed by atoms with Gasteiger partial charge in [0.25, 0.3) is 0 Å². The lowest BCUT2D eigenvalue weighted by Crippen LogP contribution is -2.36. The number of pyridine rings is 1. The van der Waals surface area contributed by atoms with Crippen LogP contribution in [0.3, 0.4) is 0 Å². The minimum Gasteiger partial charge on any atom is -0.465 e. The number of carbonyl (C=O) groups excluding carboxylic acids is 1. The Bertz CT molecular complexity index is 1040. The van der Waals surface area contributed by atoms with E-state index in [1.807, 2.05) is 59.6 Å². The van der Waals surface area contributed by atoms with E-state index >= 15 is 0 Å². The molecule has 0 amide bonds. The Morgan fingerprint density at radius 2 is 2.00 bits per heavy atom. The van der Waals surface area contributed by atoms with Gasteiger partial charge in [-0.05, 0) is 67.7 Å². The number of nitrogens with one attached hydrogen (secondary N) is 1. The van der Waals surface area contributed by atoms with Crippen molar-refractivity contribution in [2.75, 3.05) is 13.2 Å². The van der Waals surface area contributed by atoms with E-state index < -0.39 is 0 Å². The van der Waals surface area contributed by atoms with E-state index in [1.54, 1.807) is 13.1 Å². The van der Waals surface area contributed by atoms with Gasteiger partial charge in [-0.1, -0.05) is 22.0 Å². The summed E-state index contributed by atoms with van der Waals surface area (Å²) in [5, 5.41) is 3.87. The molecule has 4 rings (SSSR count). The quantitative estimate of drug-likeness (QED) is 0.418. The lowest BCUT2D eigenvalue weighted by atomic mass is 10.0. The molecular formula is C22H21BrN4O2S. The van der Waals surface area contributed by atoms with Gasteiger partial charge in [0.05, 0.1) is 24.4 Å². The number of carbonyl (C=O) groups is 1. The van der Waals surface area contributed by atoms with E-state index in [9.17, 15) is 4.79 Å². The average molecular weight is 485 g/mol. The molecule has 0 aliphatic carbocycles. The molecule has 2 atom stereocenters. The first-order chi connectivity index (χ1) is 14.6. The summed E-state index contributed by atoms with van der Waals surface area (Å²) in [7, 11) is 0. The molecule has 3 aromatic rings. The highest BCUT2D eigenvalue weighted by Crippen LogP contribution is 2.39. The highest BCUT2D eigenvalue weighted by molar-refractivity contribution is 9.10. The van der Waals surface area contributed by atoms with Gasteiger partial charge in [0.1, 0.15) is 6.54 Å². The van der Waals surface area contributed by atoms with Crippen molar-refractivity contribution in [1.29, 1.82) is 0 Å². The Morgan fingerprint density at radius 1 is 1.20 bits per heavy atom. The molecule has 2 aromatic heterocycles. The summed E-state index contributed by atoms with van der Waals surface area (Å²) < 4.78 is 8.32. The number of aromatic nitrogens is 2. The summed E-state index contributed by atoms with van der Waals surface area (Å²) in [5.74, 6) is -0.310. The first-order valence-corrected chi connectivity index (χ1v) is 10.9. The molecule has 1 aliphatic heterocycles. The fourth-order valence-corrected chi connectivity index (χ4v) is 4.28. The number of esters is 1. The van der Waals surface area contributed by atoms with Crippen molar-refractivity contribution < 1.29 is 9.53 Å². The smallest absolute Gasteiger partial charge is 0.325 e. The van der Waals surface area contributed by atoms with Crippen LogP contribution in [0.25, 0.3) is 5.69 Å². The maximum absolute atomic E-state index is 12.3. The van der Waals surface area contributed by atoms with E-state index in [4.69, 9.17) is 17.0 Å². The van der Waals surface area contributed by atoms with E-state index in [1.165, 1.54) is 0 Å². The van der Waals surface area contributed by atoms with Gasteiger partial charge in [-0.15, -0.1) is 0 Å². The molecule has 0 saturated carbocycles. The number of nitrogens with zero attached hydrogens (tertiary/aromatic N) is 3. The maximum atomic E-state index is 12.3. The molecule has 0 bridgehead atoms. The van der Waals surface area contributed by atoms with E-state index in [-0.39, 0.29) is 24.6 Å². The summed E-state index contributed by atoms with van der Waals surface area (Å²) in [5.41, 5.74) is 2.89. The van der Waals surface area contributed by atoms with Crippen LogP contribution in [0.1, 0.15) is 30.4 Å². The highest BCUT2D eigenvalue weighted by Gasteiger charge is 2.42. The number of rotatable bonds is 6. The van der Waals surface area contributed by atoms with Crippen LogP contribution in [0.2, 0.25) is 0 Å². The standard InChI is InChI=1S/C22H21BrN4O2S/c1-2-29-19(28)14-27-21(20(25-22(27)30)17-6-3-4-12-24-17)18-7-5-13-26(18)16-10-8-15(23)9-11-16/h3-13,20-21H,2,14H2,1H3,(H,25,30)/t20-,21-/m0/s1. The molecule has 0 unspecified atom stereocenters. The van der Waals surface area contributed by atoms with E-state index in [0.29, 0.717) is 11.7 Å². The van der Waals surface area contributed by atoms with Crippen LogP contribution in [-0.2, 0) is 9.53 Å². The Kier molecular flexibility index (Phi) is 6.15. The van der Waals surface area contributed by atoms with Gasteiger partial charge in [-0.3, -0.25) is 9.78 Å². The summed E-state index contributed by atoms with van der Waals surface area (Å²) in [6.45, 7) is 2.20. The third kappa shape index (κ3) is 4.11. The molecule has 0 radical (unpaired) electrons. The van der Waals surface area contributed by atoms with Crippen LogP contribution in [0, 0.1) is 0 Å². The highest BCUT2D eigenvalue weighted by atomic mass is 79.9. The topological polar surface area (TPSA) is 59.4 Å². The SMILES string of the molecule is CCOC(=O)CN1C(=S)N[C@@H](c2ccccn2)[C@@H]1c1cccn1-c1ccc(Br)cc1. The van der Waals surface area contributed by atoms with Crippen molar-refractivity contribution in [3.63, 3.8) is 0 Å². The molecule has 0 spiro atoms. The number of ether oxygens (including phenoxy) is 1. The van der Waals surface area contributed by atoms with Crippen molar-refractivity contribution in [3.8, 4) is 5.69 Å². The molecule has 1 fully saturated rings. The Labute approximate surface area is 189 Å². The van der Waals surface area contributed by atoms with Crippen LogP contribution in [0.15, 0.2) is 71.5 Å². The van der Waals surface area contributed by atoms with Gasteiger partial charge < -0.3 is 19.5 Å². The second-order valence-electron chi connectivity index (χ2n) is 6.84. The first-order valence-electron chi connectivity index (χ1n) is 9.65. The number of halogens is 1. The lowest BCUT2D eigenvalue weighted by molar-refractivity contribution is -0.143. The van der Waals surface area contributed by atoms with Gasteiger partial charge in [0.15, 0.2) is 5.11 Å². The van der Waals surface area contributed by atoms with E-state index in [0.717, 1.165) is 21.5 Å². The minimum absolute atomic E-state index is 0.0686. The average Bonchev–Trinajstić information content (AvgIpc) is 3.34. The molecule has 8 heteroatoms. The molecule has 1 aromatic carbocycles. The fourth-order valence-electron chi connectivity index (χ4n) is 3.72. The van der Waals surface area contributed by atoms with Gasteiger partial charge in [0.2, 0.25) is 0 Å². The molecule has 1 aliphatic rings. The monoisotopic (exact) mass is 484 g/mol. The van der Waals surface area contributed by atoms with Crippen molar-refractivity contribution in [1.82, 2.24) is 19.8 Å².